The number of halogens is 1. The first kappa shape index (κ1) is 9.95. The van der Waals surface area contributed by atoms with Gasteiger partial charge in [-0.25, -0.2) is 4.39 Å². The molecule has 60 valence electrons. The van der Waals surface area contributed by atoms with Gasteiger partial charge in [-0.2, -0.15) is 0 Å². The summed E-state index contributed by atoms with van der Waals surface area (Å²) < 4.78 is 12.1. The summed E-state index contributed by atoms with van der Waals surface area (Å²) in [6.07, 6.45) is 0.249. The minimum Gasteiger partial charge on any atom is -0.287 e. The molecule has 0 aliphatic rings. The third-order valence-electron chi connectivity index (χ3n) is 1.07. The third-order valence-corrected chi connectivity index (χ3v) is 2.12. The average molecular weight is 164 g/mol. The molecule has 0 saturated carbocycles. The number of carbonyl (C=O) groups excluding carboxylic acids is 1. The van der Waals surface area contributed by atoms with Gasteiger partial charge in [0.2, 0.25) is 0 Å². The number of alkyl halides is 1. The summed E-state index contributed by atoms with van der Waals surface area (Å²) in [4.78, 5) is 10.6. The monoisotopic (exact) mass is 164 g/mol. The Kier molecular flexibility index (Phi) is 5.69. The van der Waals surface area contributed by atoms with Crippen LogP contribution in [-0.2, 0) is 4.79 Å². The topological polar surface area (TPSA) is 17.1 Å². The highest BCUT2D eigenvalue weighted by molar-refractivity contribution is 8.13. The largest absolute Gasteiger partial charge is 0.287 e. The van der Waals surface area contributed by atoms with Crippen LogP contribution in [0.15, 0.2) is 0 Å². The van der Waals surface area contributed by atoms with E-state index < -0.39 is 6.17 Å². The van der Waals surface area contributed by atoms with E-state index in [0.29, 0.717) is 18.6 Å². The lowest BCUT2D eigenvalue weighted by Crippen LogP contribution is -1.97. The van der Waals surface area contributed by atoms with Crippen molar-refractivity contribution >= 4 is 16.9 Å². The van der Waals surface area contributed by atoms with Crippen molar-refractivity contribution in [3.05, 3.63) is 0 Å². The Morgan fingerprint density at radius 3 is 2.70 bits per heavy atom. The van der Waals surface area contributed by atoms with Crippen LogP contribution in [0.4, 0.5) is 4.39 Å². The van der Waals surface area contributed by atoms with Crippen LogP contribution in [-0.4, -0.2) is 17.0 Å². The second-order valence-electron chi connectivity index (χ2n) is 2.14. The maximum Gasteiger partial charge on any atom is 0.188 e. The predicted molar refractivity (Wildman–Crippen MR) is 42.9 cm³/mol. The Hall–Kier alpha value is -0.0500. The Morgan fingerprint density at radius 1 is 1.70 bits per heavy atom. The number of hydrogen-bond acceptors (Lipinski definition) is 2. The summed E-state index contributed by atoms with van der Waals surface area (Å²) in [5, 5.41) is 0.153. The van der Waals surface area contributed by atoms with E-state index in [9.17, 15) is 9.18 Å². The van der Waals surface area contributed by atoms with Crippen LogP contribution < -0.4 is 0 Å². The minimum absolute atomic E-state index is 0.153. The standard InChI is InChI=1S/C7H13FOS/c1-3-7(9)10-5-4-6(2)8/h6H,3-5H2,1-2H3. The van der Waals surface area contributed by atoms with Crippen LogP contribution in [0.25, 0.3) is 0 Å². The van der Waals surface area contributed by atoms with Crippen LogP contribution in [0.2, 0.25) is 0 Å². The average Bonchev–Trinajstić information content (AvgIpc) is 1.87. The van der Waals surface area contributed by atoms with E-state index in [1.165, 1.54) is 18.7 Å². The first-order chi connectivity index (χ1) is 4.66. The molecular weight excluding hydrogens is 151 g/mol. The molecule has 0 rings (SSSR count). The fourth-order valence-electron chi connectivity index (χ4n) is 0.437. The van der Waals surface area contributed by atoms with Gasteiger partial charge in [0, 0.05) is 12.2 Å². The summed E-state index contributed by atoms with van der Waals surface area (Å²) in [6, 6.07) is 0. The Labute approximate surface area is 65.4 Å². The van der Waals surface area contributed by atoms with E-state index in [2.05, 4.69) is 0 Å². The zero-order valence-electron chi connectivity index (χ0n) is 6.39. The van der Waals surface area contributed by atoms with Crippen LogP contribution in [0.3, 0.4) is 0 Å². The van der Waals surface area contributed by atoms with Crippen LogP contribution in [0, 0.1) is 0 Å². The molecule has 1 atom stereocenters. The van der Waals surface area contributed by atoms with Gasteiger partial charge in [-0.1, -0.05) is 18.7 Å². The fraction of sp³-hybridized carbons (Fsp3) is 0.857. The molecule has 0 aliphatic carbocycles. The van der Waals surface area contributed by atoms with Gasteiger partial charge in [0.1, 0.15) is 0 Å². The number of carbonyl (C=O) groups is 1. The summed E-state index contributed by atoms with van der Waals surface area (Å²) >= 11 is 1.23. The highest BCUT2D eigenvalue weighted by atomic mass is 32.2. The lowest BCUT2D eigenvalue weighted by atomic mass is 10.3. The summed E-state index contributed by atoms with van der Waals surface area (Å²) in [5.74, 6) is 0.615. The molecule has 1 unspecified atom stereocenters. The molecular formula is C7H13FOS. The predicted octanol–water partition coefficient (Wildman–Crippen LogP) is 2.40. The highest BCUT2D eigenvalue weighted by Crippen LogP contribution is 2.09. The van der Waals surface area contributed by atoms with E-state index >= 15 is 0 Å². The SMILES string of the molecule is CCC(=O)SCCC(C)F. The van der Waals surface area contributed by atoms with Crippen molar-refractivity contribution in [1.82, 2.24) is 0 Å². The molecule has 0 fully saturated rings. The smallest absolute Gasteiger partial charge is 0.188 e. The van der Waals surface area contributed by atoms with Crippen molar-refractivity contribution in [3.8, 4) is 0 Å². The second-order valence-corrected chi connectivity index (χ2v) is 3.30. The summed E-state index contributed by atoms with van der Waals surface area (Å²) in [6.45, 7) is 3.32. The fourth-order valence-corrected chi connectivity index (χ4v) is 1.31. The van der Waals surface area contributed by atoms with E-state index in [4.69, 9.17) is 0 Å². The van der Waals surface area contributed by atoms with E-state index in [0.717, 1.165) is 0 Å². The Morgan fingerprint density at radius 2 is 2.30 bits per heavy atom. The van der Waals surface area contributed by atoms with Gasteiger partial charge in [0.05, 0.1) is 6.17 Å². The van der Waals surface area contributed by atoms with Crippen molar-refractivity contribution in [3.63, 3.8) is 0 Å². The molecule has 0 aromatic rings. The quantitative estimate of drug-likeness (QED) is 0.634. The van der Waals surface area contributed by atoms with E-state index in [-0.39, 0.29) is 5.12 Å². The molecule has 0 heterocycles. The maximum atomic E-state index is 12.1. The molecule has 0 saturated heterocycles. The second kappa shape index (κ2) is 5.71. The lowest BCUT2D eigenvalue weighted by molar-refractivity contribution is -0.110. The number of thioether (sulfide) groups is 1. The third kappa shape index (κ3) is 6.08. The van der Waals surface area contributed by atoms with Crippen molar-refractivity contribution in [2.24, 2.45) is 0 Å². The molecule has 0 radical (unpaired) electrons. The zero-order chi connectivity index (χ0) is 7.98. The zero-order valence-corrected chi connectivity index (χ0v) is 7.21. The van der Waals surface area contributed by atoms with Crippen molar-refractivity contribution in [2.75, 3.05) is 5.75 Å². The molecule has 0 N–H and O–H groups in total. The maximum absolute atomic E-state index is 12.1. The minimum atomic E-state index is -0.780. The van der Waals surface area contributed by atoms with Gasteiger partial charge in [-0.05, 0) is 13.3 Å². The molecule has 0 aromatic heterocycles. The van der Waals surface area contributed by atoms with Crippen molar-refractivity contribution in [2.45, 2.75) is 32.9 Å². The van der Waals surface area contributed by atoms with E-state index in [1.54, 1.807) is 0 Å². The number of rotatable bonds is 4. The highest BCUT2D eigenvalue weighted by Gasteiger charge is 2.01. The molecule has 0 bridgehead atoms. The van der Waals surface area contributed by atoms with Crippen LogP contribution >= 0.6 is 11.8 Å². The molecule has 10 heavy (non-hydrogen) atoms. The first-order valence-corrected chi connectivity index (χ1v) is 4.45. The van der Waals surface area contributed by atoms with Crippen LogP contribution in [0.1, 0.15) is 26.7 Å². The number of hydrogen-bond donors (Lipinski definition) is 0. The van der Waals surface area contributed by atoms with Gasteiger partial charge in [-0.3, -0.25) is 4.79 Å². The summed E-state index contributed by atoms with van der Waals surface area (Å²) in [5.41, 5.74) is 0. The van der Waals surface area contributed by atoms with Crippen LogP contribution in [0.5, 0.6) is 0 Å². The lowest BCUT2D eigenvalue weighted by Gasteiger charge is -1.98. The molecule has 0 spiro atoms. The van der Waals surface area contributed by atoms with Gasteiger partial charge in [0.15, 0.2) is 5.12 Å². The van der Waals surface area contributed by atoms with Gasteiger partial charge in [-0.15, -0.1) is 0 Å². The molecule has 3 heteroatoms. The van der Waals surface area contributed by atoms with Crippen molar-refractivity contribution in [1.29, 1.82) is 0 Å². The van der Waals surface area contributed by atoms with Crippen molar-refractivity contribution < 1.29 is 9.18 Å². The molecule has 0 aliphatic heterocycles. The Bertz CT molecular complexity index is 104. The van der Waals surface area contributed by atoms with E-state index in [1.807, 2.05) is 6.92 Å². The normalized spacial score (nSPS) is 13.1. The molecule has 0 amide bonds. The molecule has 0 aromatic carbocycles. The van der Waals surface area contributed by atoms with Gasteiger partial charge < -0.3 is 0 Å². The first-order valence-electron chi connectivity index (χ1n) is 3.46. The van der Waals surface area contributed by atoms with Gasteiger partial charge in [0.25, 0.3) is 0 Å². The summed E-state index contributed by atoms with van der Waals surface area (Å²) in [7, 11) is 0. The Balaban J connectivity index is 3.12. The van der Waals surface area contributed by atoms with Gasteiger partial charge >= 0.3 is 0 Å². The molecule has 1 nitrogen and oxygen atoms in total.